The first-order valence-corrected chi connectivity index (χ1v) is 8.13. The zero-order valence-electron chi connectivity index (χ0n) is 14.3. The number of benzene rings is 2. The molecule has 0 unspecified atom stereocenters. The zero-order valence-corrected chi connectivity index (χ0v) is 14.3. The van der Waals surface area contributed by atoms with Crippen LogP contribution in [0.15, 0.2) is 54.6 Å². The number of carbonyl (C=O) groups is 1. The number of nitrogens with zero attached hydrogens (tertiary/aromatic N) is 3. The Morgan fingerprint density at radius 2 is 1.84 bits per heavy atom. The van der Waals surface area contributed by atoms with Gasteiger partial charge < -0.3 is 10.1 Å². The van der Waals surface area contributed by atoms with Crippen molar-refractivity contribution >= 4 is 11.9 Å². The molecule has 6 heteroatoms. The molecule has 0 bridgehead atoms. The molecule has 0 aliphatic rings. The van der Waals surface area contributed by atoms with Crippen LogP contribution in [0.5, 0.6) is 5.75 Å². The molecule has 2 aromatic carbocycles. The predicted molar refractivity (Wildman–Crippen MR) is 96.7 cm³/mol. The second-order valence-electron chi connectivity index (χ2n) is 5.49. The number of carbonyl (C=O) groups excluding carboxylic acids is 1. The summed E-state index contributed by atoms with van der Waals surface area (Å²) in [6, 6.07) is 17.4. The van der Waals surface area contributed by atoms with Crippen molar-refractivity contribution in [3.05, 3.63) is 60.2 Å². The Labute approximate surface area is 146 Å². The van der Waals surface area contributed by atoms with Gasteiger partial charge in [0, 0.05) is 18.5 Å². The molecule has 6 nitrogen and oxygen atoms in total. The lowest BCUT2D eigenvalue weighted by atomic mass is 10.2. The SMILES string of the molecule is CCC(=O)n1nc(-c2ccc(OC)cc2)nc1NCc1ccccc1. The lowest BCUT2D eigenvalue weighted by Gasteiger charge is -2.06. The summed E-state index contributed by atoms with van der Waals surface area (Å²) in [7, 11) is 1.62. The van der Waals surface area contributed by atoms with E-state index < -0.39 is 0 Å². The molecular weight excluding hydrogens is 316 g/mol. The molecule has 128 valence electrons. The summed E-state index contributed by atoms with van der Waals surface area (Å²) in [6.45, 7) is 2.37. The summed E-state index contributed by atoms with van der Waals surface area (Å²) in [4.78, 5) is 16.7. The molecule has 25 heavy (non-hydrogen) atoms. The van der Waals surface area contributed by atoms with Crippen molar-refractivity contribution in [2.75, 3.05) is 12.4 Å². The molecule has 0 amide bonds. The third-order valence-electron chi connectivity index (χ3n) is 3.79. The van der Waals surface area contributed by atoms with E-state index >= 15 is 0 Å². The van der Waals surface area contributed by atoms with Crippen LogP contribution in [0.1, 0.15) is 23.7 Å². The molecule has 1 heterocycles. The third kappa shape index (κ3) is 3.85. The zero-order chi connectivity index (χ0) is 17.6. The number of nitrogens with one attached hydrogen (secondary N) is 1. The number of rotatable bonds is 6. The minimum absolute atomic E-state index is 0.108. The first-order chi connectivity index (χ1) is 12.2. The van der Waals surface area contributed by atoms with E-state index in [1.54, 1.807) is 14.0 Å². The van der Waals surface area contributed by atoms with Gasteiger partial charge in [0.15, 0.2) is 5.82 Å². The molecule has 0 spiro atoms. The summed E-state index contributed by atoms with van der Waals surface area (Å²) in [5, 5.41) is 7.57. The Hall–Kier alpha value is -3.15. The largest absolute Gasteiger partial charge is 0.497 e. The Kier molecular flexibility index (Phi) is 5.09. The minimum atomic E-state index is -0.108. The Morgan fingerprint density at radius 1 is 1.12 bits per heavy atom. The van der Waals surface area contributed by atoms with E-state index in [9.17, 15) is 4.79 Å². The van der Waals surface area contributed by atoms with Gasteiger partial charge >= 0.3 is 0 Å². The fraction of sp³-hybridized carbons (Fsp3) is 0.211. The summed E-state index contributed by atoms with van der Waals surface area (Å²) in [5.74, 6) is 1.60. The second kappa shape index (κ2) is 7.61. The fourth-order valence-corrected chi connectivity index (χ4v) is 2.39. The van der Waals surface area contributed by atoms with Gasteiger partial charge in [0.2, 0.25) is 11.9 Å². The van der Waals surface area contributed by atoms with E-state index in [0.717, 1.165) is 16.9 Å². The lowest BCUT2D eigenvalue weighted by Crippen LogP contribution is -2.15. The third-order valence-corrected chi connectivity index (χ3v) is 3.79. The van der Waals surface area contributed by atoms with Crippen LogP contribution < -0.4 is 10.1 Å². The topological polar surface area (TPSA) is 69.0 Å². The van der Waals surface area contributed by atoms with Crippen molar-refractivity contribution in [3.63, 3.8) is 0 Å². The molecule has 0 saturated carbocycles. The molecule has 0 radical (unpaired) electrons. The van der Waals surface area contributed by atoms with Gasteiger partial charge in [0.1, 0.15) is 5.75 Å². The van der Waals surface area contributed by atoms with Gasteiger partial charge in [-0.25, -0.2) is 0 Å². The summed E-state index contributed by atoms with van der Waals surface area (Å²) in [5.41, 5.74) is 1.93. The normalized spacial score (nSPS) is 10.5. The van der Waals surface area contributed by atoms with Crippen LogP contribution in [0.4, 0.5) is 5.95 Å². The Bertz CT molecular complexity index is 842. The van der Waals surface area contributed by atoms with Crippen molar-refractivity contribution in [1.82, 2.24) is 14.8 Å². The molecule has 3 rings (SSSR count). The highest BCUT2D eigenvalue weighted by molar-refractivity contribution is 5.81. The number of ether oxygens (including phenoxy) is 1. The van der Waals surface area contributed by atoms with E-state index in [4.69, 9.17) is 4.74 Å². The van der Waals surface area contributed by atoms with E-state index in [1.807, 2.05) is 54.6 Å². The van der Waals surface area contributed by atoms with Crippen LogP contribution in [0.3, 0.4) is 0 Å². The monoisotopic (exact) mass is 336 g/mol. The Morgan fingerprint density at radius 3 is 2.48 bits per heavy atom. The number of aromatic nitrogens is 3. The van der Waals surface area contributed by atoms with E-state index in [-0.39, 0.29) is 5.91 Å². The second-order valence-corrected chi connectivity index (χ2v) is 5.49. The highest BCUT2D eigenvalue weighted by atomic mass is 16.5. The summed E-state index contributed by atoms with van der Waals surface area (Å²) >= 11 is 0. The molecular formula is C19H20N4O2. The first-order valence-electron chi connectivity index (χ1n) is 8.13. The van der Waals surface area contributed by atoms with Crippen LogP contribution in [0.2, 0.25) is 0 Å². The van der Waals surface area contributed by atoms with Gasteiger partial charge in [-0.15, -0.1) is 5.10 Å². The average Bonchev–Trinajstić information content (AvgIpc) is 3.11. The number of methoxy groups -OCH3 is 1. The summed E-state index contributed by atoms with van der Waals surface area (Å²) in [6.07, 6.45) is 0.353. The Balaban J connectivity index is 1.87. The maximum Gasteiger partial charge on any atom is 0.249 e. The fourth-order valence-electron chi connectivity index (χ4n) is 2.39. The van der Waals surface area contributed by atoms with Gasteiger partial charge in [-0.2, -0.15) is 9.67 Å². The van der Waals surface area contributed by atoms with Crippen LogP contribution in [0, 0.1) is 0 Å². The maximum absolute atomic E-state index is 12.2. The maximum atomic E-state index is 12.2. The molecule has 3 aromatic rings. The number of hydrogen-bond acceptors (Lipinski definition) is 5. The van der Waals surface area contributed by atoms with Crippen molar-refractivity contribution in [2.24, 2.45) is 0 Å². The highest BCUT2D eigenvalue weighted by Crippen LogP contribution is 2.21. The van der Waals surface area contributed by atoms with Gasteiger partial charge in [-0.3, -0.25) is 4.79 Å². The van der Waals surface area contributed by atoms with Gasteiger partial charge in [0.05, 0.1) is 7.11 Å². The van der Waals surface area contributed by atoms with E-state index in [1.165, 1.54) is 4.68 Å². The van der Waals surface area contributed by atoms with Gasteiger partial charge in [-0.05, 0) is 29.8 Å². The average molecular weight is 336 g/mol. The highest BCUT2D eigenvalue weighted by Gasteiger charge is 2.16. The first kappa shape index (κ1) is 16.7. The standard InChI is InChI=1S/C19H20N4O2/c1-3-17(24)23-19(20-13-14-7-5-4-6-8-14)21-18(22-23)15-9-11-16(25-2)12-10-15/h4-12H,3,13H2,1-2H3,(H,20,21,22). The van der Waals surface area contributed by atoms with Crippen molar-refractivity contribution in [3.8, 4) is 17.1 Å². The smallest absolute Gasteiger partial charge is 0.249 e. The summed E-state index contributed by atoms with van der Waals surface area (Å²) < 4.78 is 6.50. The van der Waals surface area contributed by atoms with Crippen molar-refractivity contribution in [1.29, 1.82) is 0 Å². The van der Waals surface area contributed by atoms with Gasteiger partial charge in [-0.1, -0.05) is 37.3 Å². The molecule has 0 atom stereocenters. The van der Waals surface area contributed by atoms with Crippen LogP contribution >= 0.6 is 0 Å². The van der Waals surface area contributed by atoms with Crippen LogP contribution in [-0.2, 0) is 6.54 Å². The van der Waals surface area contributed by atoms with Crippen LogP contribution in [0.25, 0.3) is 11.4 Å². The molecule has 0 fully saturated rings. The predicted octanol–water partition coefficient (Wildman–Crippen LogP) is 3.62. The molecule has 1 aromatic heterocycles. The van der Waals surface area contributed by atoms with Crippen LogP contribution in [-0.4, -0.2) is 27.8 Å². The number of anilines is 1. The lowest BCUT2D eigenvalue weighted by molar-refractivity contribution is 0.0895. The molecule has 0 saturated heterocycles. The molecule has 0 aliphatic heterocycles. The van der Waals surface area contributed by atoms with E-state index in [0.29, 0.717) is 24.7 Å². The van der Waals surface area contributed by atoms with Gasteiger partial charge in [0.25, 0.3) is 0 Å². The number of hydrogen-bond donors (Lipinski definition) is 1. The quantitative estimate of drug-likeness (QED) is 0.744. The molecule has 1 N–H and O–H groups in total. The van der Waals surface area contributed by atoms with E-state index in [2.05, 4.69) is 15.4 Å². The molecule has 0 aliphatic carbocycles. The van der Waals surface area contributed by atoms with Crippen molar-refractivity contribution in [2.45, 2.75) is 19.9 Å². The minimum Gasteiger partial charge on any atom is -0.497 e. The van der Waals surface area contributed by atoms with Crippen molar-refractivity contribution < 1.29 is 9.53 Å².